The van der Waals surface area contributed by atoms with E-state index in [1.165, 1.54) is 16.2 Å². The number of hydrazine groups is 1. The molecule has 9 heteroatoms. The first-order chi connectivity index (χ1) is 14.9. The van der Waals surface area contributed by atoms with Gasteiger partial charge in [0.2, 0.25) is 11.8 Å². The monoisotopic (exact) mass is 454 g/mol. The van der Waals surface area contributed by atoms with Crippen LogP contribution in [-0.2, 0) is 16.1 Å². The molecule has 0 unspecified atom stereocenters. The fourth-order valence-electron chi connectivity index (χ4n) is 3.26. The van der Waals surface area contributed by atoms with Crippen LogP contribution >= 0.6 is 22.9 Å². The summed E-state index contributed by atoms with van der Waals surface area (Å²) < 4.78 is 0. The molecule has 0 radical (unpaired) electrons. The third-order valence-electron chi connectivity index (χ3n) is 4.88. The van der Waals surface area contributed by atoms with Gasteiger partial charge in [-0.3, -0.25) is 24.7 Å². The van der Waals surface area contributed by atoms with E-state index < -0.39 is 11.9 Å². The van der Waals surface area contributed by atoms with Gasteiger partial charge in [0, 0.05) is 10.6 Å². The quantitative estimate of drug-likeness (QED) is 0.440. The molecule has 0 spiro atoms. The van der Waals surface area contributed by atoms with Crippen molar-refractivity contribution in [2.75, 3.05) is 0 Å². The smallest absolute Gasteiger partial charge is 0.277 e. The van der Waals surface area contributed by atoms with E-state index in [0.29, 0.717) is 15.6 Å². The number of halogens is 1. The number of hydrogen-bond donors (Lipinski definition) is 2. The van der Waals surface area contributed by atoms with Crippen molar-refractivity contribution in [1.82, 2.24) is 20.7 Å². The van der Waals surface area contributed by atoms with E-state index >= 15 is 0 Å². The van der Waals surface area contributed by atoms with Gasteiger partial charge in [-0.25, -0.2) is 10.4 Å². The molecule has 31 heavy (non-hydrogen) atoms. The molecular formula is C22H19ClN4O3S. The highest BCUT2D eigenvalue weighted by molar-refractivity contribution is 7.17. The minimum Gasteiger partial charge on any atom is -0.286 e. The minimum atomic E-state index is -0.814. The molecule has 3 aromatic rings. The van der Waals surface area contributed by atoms with Crippen LogP contribution < -0.4 is 10.9 Å². The molecule has 7 nitrogen and oxygen atoms in total. The molecular weight excluding hydrogens is 436 g/mol. The van der Waals surface area contributed by atoms with Crippen molar-refractivity contribution in [2.45, 2.75) is 25.9 Å². The van der Waals surface area contributed by atoms with Crippen LogP contribution in [0.3, 0.4) is 0 Å². The summed E-state index contributed by atoms with van der Waals surface area (Å²) in [6.45, 7) is 1.92. The van der Waals surface area contributed by atoms with E-state index in [4.69, 9.17) is 11.6 Å². The third-order valence-corrected chi connectivity index (χ3v) is 6.34. The number of likely N-dealkylation sites (tertiary alicyclic amines) is 1. The molecule has 2 N–H and O–H groups in total. The fourth-order valence-corrected chi connectivity index (χ4v) is 4.35. The number of nitrogens with one attached hydrogen (secondary N) is 2. The Balaban J connectivity index is 1.38. The molecule has 0 bridgehead atoms. The van der Waals surface area contributed by atoms with Gasteiger partial charge in [0.15, 0.2) is 0 Å². The zero-order valence-corrected chi connectivity index (χ0v) is 18.2. The van der Waals surface area contributed by atoms with Crippen LogP contribution in [0, 0.1) is 6.92 Å². The van der Waals surface area contributed by atoms with Crippen LogP contribution in [0.25, 0.3) is 10.6 Å². The number of rotatable bonds is 6. The van der Waals surface area contributed by atoms with Gasteiger partial charge in [-0.15, -0.1) is 11.3 Å². The number of amides is 3. The Bertz CT molecular complexity index is 1130. The van der Waals surface area contributed by atoms with Crippen molar-refractivity contribution in [3.63, 3.8) is 0 Å². The van der Waals surface area contributed by atoms with E-state index in [1.54, 1.807) is 31.2 Å². The average molecular weight is 455 g/mol. The van der Waals surface area contributed by atoms with Crippen LogP contribution in [0.2, 0.25) is 5.02 Å². The lowest BCUT2D eigenvalue weighted by atomic mass is 10.2. The molecule has 0 saturated carbocycles. The van der Waals surface area contributed by atoms with Crippen LogP contribution in [-0.4, -0.2) is 33.6 Å². The summed E-state index contributed by atoms with van der Waals surface area (Å²) >= 11 is 7.15. The van der Waals surface area contributed by atoms with Crippen LogP contribution in [0.5, 0.6) is 0 Å². The SMILES string of the molecule is Cc1nc(-c2ccccc2)sc1C(=O)NN[C@H]1CC(=O)N(Cc2ccc(Cl)cc2)C1=O. The Hall–Kier alpha value is -3.07. The van der Waals surface area contributed by atoms with Gasteiger partial charge < -0.3 is 0 Å². The molecule has 0 aliphatic carbocycles. The summed E-state index contributed by atoms with van der Waals surface area (Å²) in [7, 11) is 0. The molecule has 1 atom stereocenters. The van der Waals surface area contributed by atoms with E-state index in [0.717, 1.165) is 16.1 Å². The maximum absolute atomic E-state index is 12.6. The van der Waals surface area contributed by atoms with Crippen molar-refractivity contribution < 1.29 is 14.4 Å². The van der Waals surface area contributed by atoms with Gasteiger partial charge in [0.05, 0.1) is 18.7 Å². The maximum atomic E-state index is 12.6. The predicted octanol–water partition coefficient (Wildman–Crippen LogP) is 3.33. The lowest BCUT2D eigenvalue weighted by Gasteiger charge is -2.16. The molecule has 1 aliphatic heterocycles. The summed E-state index contributed by atoms with van der Waals surface area (Å²) in [6.07, 6.45) is -0.0242. The summed E-state index contributed by atoms with van der Waals surface area (Å²) in [5.41, 5.74) is 7.58. The Kier molecular flexibility index (Phi) is 6.13. The minimum absolute atomic E-state index is 0.0242. The second-order valence-electron chi connectivity index (χ2n) is 7.10. The first-order valence-electron chi connectivity index (χ1n) is 9.60. The van der Waals surface area contributed by atoms with E-state index in [2.05, 4.69) is 15.8 Å². The second kappa shape index (κ2) is 8.97. The van der Waals surface area contributed by atoms with Crippen LogP contribution in [0.4, 0.5) is 0 Å². The molecule has 1 saturated heterocycles. The lowest BCUT2D eigenvalue weighted by molar-refractivity contribution is -0.139. The summed E-state index contributed by atoms with van der Waals surface area (Å²) in [4.78, 5) is 43.7. The number of carbonyl (C=O) groups is 3. The fraction of sp³-hybridized carbons (Fsp3) is 0.182. The molecule has 1 fully saturated rings. The van der Waals surface area contributed by atoms with Gasteiger partial charge in [-0.05, 0) is 24.6 Å². The zero-order valence-electron chi connectivity index (χ0n) is 16.6. The average Bonchev–Trinajstić information content (AvgIpc) is 3.29. The van der Waals surface area contributed by atoms with Crippen molar-refractivity contribution in [3.05, 3.63) is 75.8 Å². The van der Waals surface area contributed by atoms with Crippen molar-refractivity contribution >= 4 is 40.7 Å². The third kappa shape index (κ3) is 4.66. The number of aryl methyl sites for hydroxylation is 1. The van der Waals surface area contributed by atoms with Gasteiger partial charge in [-0.2, -0.15) is 0 Å². The van der Waals surface area contributed by atoms with Gasteiger partial charge in [0.25, 0.3) is 5.91 Å². The first-order valence-corrected chi connectivity index (χ1v) is 10.8. The number of carbonyl (C=O) groups excluding carboxylic acids is 3. The number of benzene rings is 2. The van der Waals surface area contributed by atoms with Crippen molar-refractivity contribution in [2.24, 2.45) is 0 Å². The standard InChI is InChI=1S/C22H19ClN4O3S/c1-13-19(31-21(24-13)15-5-3-2-4-6-15)20(29)26-25-17-11-18(28)27(22(17)30)12-14-7-9-16(23)10-8-14/h2-10,17,25H,11-12H2,1H3,(H,26,29)/t17-/m0/s1. The maximum Gasteiger partial charge on any atom is 0.277 e. The largest absolute Gasteiger partial charge is 0.286 e. The van der Waals surface area contributed by atoms with E-state index in [-0.39, 0.29) is 24.8 Å². The number of nitrogens with zero attached hydrogens (tertiary/aromatic N) is 2. The highest BCUT2D eigenvalue weighted by atomic mass is 35.5. The molecule has 158 valence electrons. The molecule has 2 heterocycles. The number of thiazole rings is 1. The van der Waals surface area contributed by atoms with E-state index in [9.17, 15) is 14.4 Å². The molecule has 1 aliphatic rings. The number of aromatic nitrogens is 1. The Morgan fingerprint density at radius 3 is 2.58 bits per heavy atom. The van der Waals surface area contributed by atoms with Gasteiger partial charge in [0.1, 0.15) is 15.9 Å². The lowest BCUT2D eigenvalue weighted by Crippen LogP contribution is -2.48. The molecule has 3 amide bonds. The molecule has 1 aromatic heterocycles. The van der Waals surface area contributed by atoms with E-state index in [1.807, 2.05) is 30.3 Å². The summed E-state index contributed by atoms with van der Waals surface area (Å²) in [5.74, 6) is -1.08. The normalized spacial score (nSPS) is 16.1. The highest BCUT2D eigenvalue weighted by Crippen LogP contribution is 2.27. The van der Waals surface area contributed by atoms with Crippen molar-refractivity contribution in [1.29, 1.82) is 0 Å². The molecule has 2 aromatic carbocycles. The zero-order chi connectivity index (χ0) is 22.0. The van der Waals surface area contributed by atoms with Crippen LogP contribution in [0.15, 0.2) is 54.6 Å². The summed E-state index contributed by atoms with van der Waals surface area (Å²) in [6, 6.07) is 15.7. The summed E-state index contributed by atoms with van der Waals surface area (Å²) in [5, 5.41) is 1.32. The predicted molar refractivity (Wildman–Crippen MR) is 118 cm³/mol. The Morgan fingerprint density at radius 1 is 1.16 bits per heavy atom. The molecule has 4 rings (SSSR count). The number of imide groups is 1. The van der Waals surface area contributed by atoms with Gasteiger partial charge in [-0.1, -0.05) is 54.1 Å². The Labute approximate surface area is 188 Å². The number of hydrogen-bond acceptors (Lipinski definition) is 6. The second-order valence-corrected chi connectivity index (χ2v) is 8.53. The topological polar surface area (TPSA) is 91.4 Å². The first kappa shape index (κ1) is 21.2. The Morgan fingerprint density at radius 2 is 1.87 bits per heavy atom. The van der Waals surface area contributed by atoms with Crippen LogP contribution in [0.1, 0.15) is 27.3 Å². The highest BCUT2D eigenvalue weighted by Gasteiger charge is 2.38. The van der Waals surface area contributed by atoms with Gasteiger partial charge >= 0.3 is 0 Å². The van der Waals surface area contributed by atoms with Crippen molar-refractivity contribution in [3.8, 4) is 10.6 Å².